The van der Waals surface area contributed by atoms with E-state index in [1.54, 1.807) is 31.3 Å². The van der Waals surface area contributed by atoms with E-state index in [4.69, 9.17) is 9.47 Å². The van der Waals surface area contributed by atoms with Crippen molar-refractivity contribution in [3.8, 4) is 5.75 Å². The number of hydrogen-bond acceptors (Lipinski definition) is 7. The Morgan fingerprint density at radius 2 is 1.97 bits per heavy atom. The zero-order valence-corrected chi connectivity index (χ0v) is 16.7. The van der Waals surface area contributed by atoms with E-state index in [-0.39, 0.29) is 11.6 Å². The lowest BCUT2D eigenvalue weighted by Gasteiger charge is -2.45. The van der Waals surface area contributed by atoms with Gasteiger partial charge in [-0.2, -0.15) is 0 Å². The van der Waals surface area contributed by atoms with Gasteiger partial charge in [-0.25, -0.2) is 4.39 Å². The highest BCUT2D eigenvalue weighted by Gasteiger charge is 2.57. The summed E-state index contributed by atoms with van der Waals surface area (Å²) in [5.41, 5.74) is 2.64. The fourth-order valence-electron chi connectivity index (χ4n) is 3.79. The van der Waals surface area contributed by atoms with Crippen LogP contribution in [0.4, 0.5) is 4.39 Å². The third-order valence-corrected chi connectivity index (χ3v) is 5.62. The van der Waals surface area contributed by atoms with Gasteiger partial charge in [-0.05, 0) is 48.2 Å². The van der Waals surface area contributed by atoms with E-state index in [9.17, 15) is 29.9 Å². The normalized spacial score (nSPS) is 28.7. The van der Waals surface area contributed by atoms with Crippen molar-refractivity contribution in [2.45, 2.75) is 43.7 Å². The summed E-state index contributed by atoms with van der Waals surface area (Å²) < 4.78 is 24.6. The lowest BCUT2D eigenvalue weighted by Crippen LogP contribution is -2.69. The number of aryl methyl sites for hydroxylation is 1. The van der Waals surface area contributed by atoms with Crippen molar-refractivity contribution in [3.05, 3.63) is 65.1 Å². The first kappa shape index (κ1) is 21.7. The first-order valence-corrected chi connectivity index (χ1v) is 9.80. The molecule has 0 spiro atoms. The van der Waals surface area contributed by atoms with Crippen LogP contribution >= 0.6 is 0 Å². The van der Waals surface area contributed by atoms with E-state index in [1.807, 2.05) is 6.07 Å². The Balaban J connectivity index is 1.70. The van der Waals surface area contributed by atoms with Crippen molar-refractivity contribution < 1.29 is 39.4 Å². The second-order valence-electron chi connectivity index (χ2n) is 7.75. The summed E-state index contributed by atoms with van der Waals surface area (Å²) in [4.78, 5) is 3.08. The molecule has 8 nitrogen and oxygen atoms in total. The molecule has 0 amide bonds. The number of nitrogens with one attached hydrogen (secondary N) is 1. The quantitative estimate of drug-likeness (QED) is 0.326. The molecule has 1 aliphatic rings. The van der Waals surface area contributed by atoms with Gasteiger partial charge < -0.3 is 40.0 Å². The summed E-state index contributed by atoms with van der Waals surface area (Å²) >= 11 is 0. The minimum atomic E-state index is -2.69. The standard InChI is InChI=1S/C22H24FNO7/c1-11-5-6-12(8-14(11)23)7-13-9-24-15-3-2-4-16(18(13)15)31-22(29)20(27)19(26)17(10-25)30-21(22)28/h2-6,8-9,17,19-21,24-29H,7,10H2,1H3/t17-,19-,20+,21-,22+/m1/s1. The predicted molar refractivity (Wildman–Crippen MR) is 108 cm³/mol. The van der Waals surface area contributed by atoms with Crippen LogP contribution in [0.2, 0.25) is 0 Å². The zero-order valence-electron chi connectivity index (χ0n) is 16.7. The number of fused-ring (bicyclic) bond motifs is 1. The van der Waals surface area contributed by atoms with Gasteiger partial charge in [0.2, 0.25) is 6.29 Å². The Bertz CT molecular complexity index is 1090. The molecule has 31 heavy (non-hydrogen) atoms. The summed E-state index contributed by atoms with van der Waals surface area (Å²) in [6.07, 6.45) is -4.90. The highest BCUT2D eigenvalue weighted by Crippen LogP contribution is 2.36. The van der Waals surface area contributed by atoms with Gasteiger partial charge in [-0.15, -0.1) is 0 Å². The minimum absolute atomic E-state index is 0.111. The summed E-state index contributed by atoms with van der Waals surface area (Å²) in [6, 6.07) is 9.87. The molecule has 9 heteroatoms. The molecular formula is C22H24FNO7. The molecule has 0 saturated carbocycles. The van der Waals surface area contributed by atoms with Crippen LogP contribution < -0.4 is 4.74 Å². The number of H-pyrrole nitrogens is 1. The van der Waals surface area contributed by atoms with Gasteiger partial charge in [-0.3, -0.25) is 0 Å². The van der Waals surface area contributed by atoms with Crippen LogP contribution in [0.15, 0.2) is 42.6 Å². The fraction of sp³-hybridized carbons (Fsp3) is 0.364. The van der Waals surface area contributed by atoms with Gasteiger partial charge >= 0.3 is 0 Å². The third kappa shape index (κ3) is 3.80. The molecule has 3 aromatic rings. The van der Waals surface area contributed by atoms with Gasteiger partial charge in [-0.1, -0.05) is 18.2 Å². The maximum Gasteiger partial charge on any atom is 0.288 e. The number of hydrogen-bond donors (Lipinski definition) is 6. The Hall–Kier alpha value is -2.53. The average molecular weight is 433 g/mol. The molecule has 1 fully saturated rings. The molecule has 6 N–H and O–H groups in total. The van der Waals surface area contributed by atoms with Gasteiger partial charge in [0.25, 0.3) is 5.79 Å². The first-order chi connectivity index (χ1) is 14.7. The summed E-state index contributed by atoms with van der Waals surface area (Å²) in [7, 11) is 0. The molecule has 5 atom stereocenters. The highest BCUT2D eigenvalue weighted by molar-refractivity contribution is 5.89. The zero-order chi connectivity index (χ0) is 22.3. The fourth-order valence-corrected chi connectivity index (χ4v) is 3.79. The molecular weight excluding hydrogens is 409 g/mol. The number of rotatable bonds is 5. The molecule has 0 aliphatic carbocycles. The molecule has 1 aliphatic heterocycles. The number of halogens is 1. The van der Waals surface area contributed by atoms with Crippen LogP contribution in [-0.4, -0.2) is 67.5 Å². The SMILES string of the molecule is Cc1ccc(Cc2c[nH]c3cccc(O[C@]4(O)[C@H](O)O[C@H](CO)[C@@H](O)[C@@H]4O)c23)cc1F. The number of aliphatic hydroxyl groups is 5. The van der Waals surface area contributed by atoms with Crippen molar-refractivity contribution in [3.63, 3.8) is 0 Å². The van der Waals surface area contributed by atoms with E-state index in [2.05, 4.69) is 4.98 Å². The van der Waals surface area contributed by atoms with Crippen LogP contribution in [0.25, 0.3) is 10.9 Å². The van der Waals surface area contributed by atoms with Gasteiger partial charge in [0.1, 0.15) is 23.8 Å². The van der Waals surface area contributed by atoms with Crippen molar-refractivity contribution in [1.29, 1.82) is 0 Å². The predicted octanol–water partition coefficient (Wildman–Crippen LogP) is 0.705. The smallest absolute Gasteiger partial charge is 0.288 e. The Morgan fingerprint density at radius 3 is 2.68 bits per heavy atom. The maximum absolute atomic E-state index is 14.0. The Kier molecular flexibility index (Phi) is 5.73. The van der Waals surface area contributed by atoms with Crippen LogP contribution in [-0.2, 0) is 11.2 Å². The van der Waals surface area contributed by atoms with E-state index in [1.165, 1.54) is 12.1 Å². The van der Waals surface area contributed by atoms with Crippen molar-refractivity contribution in [1.82, 2.24) is 4.98 Å². The van der Waals surface area contributed by atoms with Crippen LogP contribution in [0.5, 0.6) is 5.75 Å². The van der Waals surface area contributed by atoms with Crippen LogP contribution in [0.1, 0.15) is 16.7 Å². The molecule has 1 aromatic heterocycles. The molecule has 2 heterocycles. The number of aliphatic hydroxyl groups excluding tert-OH is 4. The number of benzene rings is 2. The summed E-state index contributed by atoms with van der Waals surface area (Å²) in [6.45, 7) is 1.01. The van der Waals surface area contributed by atoms with Crippen molar-refractivity contribution in [2.75, 3.05) is 6.61 Å². The largest absolute Gasteiger partial charge is 0.454 e. The Labute approximate surface area is 177 Å². The van der Waals surface area contributed by atoms with Crippen molar-refractivity contribution in [2.24, 2.45) is 0 Å². The molecule has 0 radical (unpaired) electrons. The lowest BCUT2D eigenvalue weighted by atomic mass is 9.95. The third-order valence-electron chi connectivity index (χ3n) is 5.62. The monoisotopic (exact) mass is 433 g/mol. The second-order valence-corrected chi connectivity index (χ2v) is 7.75. The molecule has 1 saturated heterocycles. The van der Waals surface area contributed by atoms with Crippen LogP contribution in [0.3, 0.4) is 0 Å². The number of aromatic nitrogens is 1. The minimum Gasteiger partial charge on any atom is -0.454 e. The molecule has 0 unspecified atom stereocenters. The first-order valence-electron chi connectivity index (χ1n) is 9.80. The van der Waals surface area contributed by atoms with Crippen LogP contribution in [0, 0.1) is 12.7 Å². The van der Waals surface area contributed by atoms with Gasteiger partial charge in [0.15, 0.2) is 6.10 Å². The second kappa shape index (κ2) is 8.19. The highest BCUT2D eigenvalue weighted by atomic mass is 19.1. The van der Waals surface area contributed by atoms with Crippen molar-refractivity contribution >= 4 is 10.9 Å². The van der Waals surface area contributed by atoms with E-state index >= 15 is 0 Å². The van der Waals surface area contributed by atoms with Gasteiger partial charge in [0.05, 0.1) is 6.61 Å². The molecule has 4 rings (SSSR count). The van der Waals surface area contributed by atoms with E-state index < -0.39 is 37.0 Å². The topological polar surface area (TPSA) is 135 Å². The van der Waals surface area contributed by atoms with E-state index in [0.717, 1.165) is 11.1 Å². The van der Waals surface area contributed by atoms with E-state index in [0.29, 0.717) is 22.9 Å². The number of aromatic amines is 1. The van der Waals surface area contributed by atoms with Gasteiger partial charge in [0, 0.05) is 17.1 Å². The summed E-state index contributed by atoms with van der Waals surface area (Å²) in [5, 5.41) is 51.3. The summed E-state index contributed by atoms with van der Waals surface area (Å²) in [5.74, 6) is -2.90. The lowest BCUT2D eigenvalue weighted by molar-refractivity contribution is -0.385. The molecule has 2 aromatic carbocycles. The number of ether oxygens (including phenoxy) is 2. The molecule has 166 valence electrons. The molecule has 0 bridgehead atoms. The maximum atomic E-state index is 14.0. The Morgan fingerprint density at radius 1 is 1.19 bits per heavy atom. The average Bonchev–Trinajstić information content (AvgIpc) is 3.16.